The summed E-state index contributed by atoms with van der Waals surface area (Å²) in [4.78, 5) is 51.0. The molecule has 47 heavy (non-hydrogen) atoms. The number of aryl methyl sites for hydroxylation is 1. The number of carbonyl (C=O) groups is 4. The standard InChI is InChI=1S/C37H52O10/c1-21-18-30(45-24(4)39)35(8)28(37(21,42)17-14-27-12-10-9-11-13-27)15-16-34(7)29-19-43-20-36(29,22(2)44-23(3)38)33(47-26(6)41)31(32(34)35)46-25(5)40/h9-13,21-22,28-33,42H,14-20H2,1-8H3/t21?,22?,28-,29+,30-,31+,32?,33+,34+,35-,36-,37+/m1/s1. The van der Waals surface area contributed by atoms with Gasteiger partial charge in [-0.15, -0.1) is 0 Å². The van der Waals surface area contributed by atoms with Crippen LogP contribution in [-0.2, 0) is 49.3 Å². The summed E-state index contributed by atoms with van der Waals surface area (Å²) in [6, 6.07) is 10.1. The summed E-state index contributed by atoms with van der Waals surface area (Å²) in [6.07, 6.45) is -0.558. The van der Waals surface area contributed by atoms with E-state index in [1.165, 1.54) is 27.7 Å². The van der Waals surface area contributed by atoms with Crippen LogP contribution < -0.4 is 0 Å². The first-order valence-corrected chi connectivity index (χ1v) is 17.0. The first kappa shape index (κ1) is 35.3. The predicted octanol–water partition coefficient (Wildman–Crippen LogP) is 4.82. The van der Waals surface area contributed by atoms with Crippen LogP contribution in [0, 0.1) is 39.9 Å². The summed E-state index contributed by atoms with van der Waals surface area (Å²) >= 11 is 0. The van der Waals surface area contributed by atoms with Crippen molar-refractivity contribution < 1.29 is 48.0 Å². The highest BCUT2D eigenvalue weighted by molar-refractivity contribution is 5.68. The Labute approximate surface area is 278 Å². The molecule has 260 valence electrons. The predicted molar refractivity (Wildman–Crippen MR) is 171 cm³/mol. The van der Waals surface area contributed by atoms with Crippen LogP contribution in [0.2, 0.25) is 0 Å². The van der Waals surface area contributed by atoms with Gasteiger partial charge in [0.05, 0.1) is 24.2 Å². The Morgan fingerprint density at radius 1 is 0.936 bits per heavy atom. The summed E-state index contributed by atoms with van der Waals surface area (Å²) < 4.78 is 30.7. The van der Waals surface area contributed by atoms with Gasteiger partial charge in [-0.2, -0.15) is 0 Å². The number of carbonyl (C=O) groups excluding carboxylic acids is 4. The number of hydrogen-bond acceptors (Lipinski definition) is 10. The van der Waals surface area contributed by atoms with Gasteiger partial charge in [-0.1, -0.05) is 51.1 Å². The highest BCUT2D eigenvalue weighted by Crippen LogP contribution is 2.73. The van der Waals surface area contributed by atoms with Crippen LogP contribution >= 0.6 is 0 Å². The fraction of sp³-hybridized carbons (Fsp3) is 0.730. The molecule has 1 aliphatic heterocycles. The Hall–Kier alpha value is -2.98. The molecule has 10 nitrogen and oxygen atoms in total. The summed E-state index contributed by atoms with van der Waals surface area (Å²) in [6.45, 7) is 13.8. The summed E-state index contributed by atoms with van der Waals surface area (Å²) in [5.74, 6) is -3.38. The van der Waals surface area contributed by atoms with Gasteiger partial charge in [0.1, 0.15) is 18.3 Å². The van der Waals surface area contributed by atoms with Crippen molar-refractivity contribution in [1.82, 2.24) is 0 Å². The number of aliphatic hydroxyl groups is 1. The lowest BCUT2D eigenvalue weighted by molar-refractivity contribution is -0.316. The second kappa shape index (κ2) is 12.8. The van der Waals surface area contributed by atoms with Gasteiger partial charge in [0.25, 0.3) is 0 Å². The number of fused-ring (bicyclic) bond motifs is 5. The van der Waals surface area contributed by atoms with Crippen molar-refractivity contribution in [1.29, 1.82) is 0 Å². The minimum atomic E-state index is -1.13. The van der Waals surface area contributed by atoms with Crippen LogP contribution in [0.1, 0.15) is 86.6 Å². The van der Waals surface area contributed by atoms with Crippen molar-refractivity contribution in [3.63, 3.8) is 0 Å². The van der Waals surface area contributed by atoms with Crippen LogP contribution in [0.25, 0.3) is 0 Å². The summed E-state index contributed by atoms with van der Waals surface area (Å²) in [5, 5.41) is 12.9. The zero-order valence-electron chi connectivity index (χ0n) is 29.1. The van der Waals surface area contributed by atoms with E-state index in [0.29, 0.717) is 38.7 Å². The van der Waals surface area contributed by atoms with E-state index in [1.54, 1.807) is 6.92 Å². The molecule has 4 fully saturated rings. The van der Waals surface area contributed by atoms with E-state index in [-0.39, 0.29) is 24.4 Å². The average molecular weight is 657 g/mol. The number of ether oxygens (including phenoxy) is 5. The van der Waals surface area contributed by atoms with Gasteiger partial charge in [0, 0.05) is 44.9 Å². The van der Waals surface area contributed by atoms with Gasteiger partial charge < -0.3 is 28.8 Å². The topological polar surface area (TPSA) is 135 Å². The molecule has 4 aliphatic rings. The number of esters is 4. The lowest BCUT2D eigenvalue weighted by Crippen LogP contribution is -2.77. The van der Waals surface area contributed by atoms with Crippen molar-refractivity contribution in [2.75, 3.05) is 13.2 Å². The third kappa shape index (κ3) is 5.77. The Morgan fingerprint density at radius 2 is 1.57 bits per heavy atom. The van der Waals surface area contributed by atoms with Crippen molar-refractivity contribution in [2.45, 2.75) is 118 Å². The maximum atomic E-state index is 13.0. The van der Waals surface area contributed by atoms with E-state index < -0.39 is 76.1 Å². The molecule has 3 aliphatic carbocycles. The van der Waals surface area contributed by atoms with Gasteiger partial charge in [-0.25, -0.2) is 0 Å². The molecule has 0 amide bonds. The van der Waals surface area contributed by atoms with Crippen LogP contribution in [0.5, 0.6) is 0 Å². The molecular formula is C37H52O10. The molecule has 0 aromatic heterocycles. The van der Waals surface area contributed by atoms with Crippen molar-refractivity contribution in [3.05, 3.63) is 35.9 Å². The van der Waals surface area contributed by atoms with E-state index in [4.69, 9.17) is 23.7 Å². The van der Waals surface area contributed by atoms with E-state index in [0.717, 1.165) is 5.56 Å². The van der Waals surface area contributed by atoms with E-state index >= 15 is 0 Å². The second-order valence-electron chi connectivity index (χ2n) is 15.2. The Bertz CT molecular complexity index is 1360. The molecule has 5 rings (SSSR count). The van der Waals surface area contributed by atoms with Crippen molar-refractivity contribution >= 4 is 23.9 Å². The third-order valence-corrected chi connectivity index (χ3v) is 12.7. The molecular weight excluding hydrogens is 604 g/mol. The molecule has 1 heterocycles. The summed E-state index contributed by atoms with van der Waals surface area (Å²) in [5.41, 5.74) is -2.56. The number of hydrogen-bond donors (Lipinski definition) is 1. The Morgan fingerprint density at radius 3 is 2.17 bits per heavy atom. The number of rotatable bonds is 8. The largest absolute Gasteiger partial charge is 0.462 e. The molecule has 1 aromatic carbocycles. The lowest BCUT2D eigenvalue weighted by atomic mass is 9.35. The third-order valence-electron chi connectivity index (χ3n) is 12.7. The molecule has 3 unspecified atom stereocenters. The first-order valence-electron chi connectivity index (χ1n) is 17.0. The normalized spacial score (nSPS) is 41.3. The van der Waals surface area contributed by atoms with E-state index in [2.05, 4.69) is 26.0 Å². The zero-order chi connectivity index (χ0) is 34.5. The Kier molecular flexibility index (Phi) is 9.63. The van der Waals surface area contributed by atoms with E-state index in [9.17, 15) is 24.3 Å². The van der Waals surface area contributed by atoms with Gasteiger partial charge in [-0.3, -0.25) is 19.2 Å². The molecule has 10 heteroatoms. The molecule has 3 saturated carbocycles. The van der Waals surface area contributed by atoms with E-state index in [1.807, 2.05) is 25.1 Å². The average Bonchev–Trinajstić information content (AvgIpc) is 3.44. The van der Waals surface area contributed by atoms with Crippen molar-refractivity contribution in [3.8, 4) is 0 Å². The van der Waals surface area contributed by atoms with Gasteiger partial charge >= 0.3 is 23.9 Å². The highest BCUT2D eigenvalue weighted by Gasteiger charge is 2.78. The van der Waals surface area contributed by atoms with Crippen LogP contribution in [0.4, 0.5) is 0 Å². The molecule has 1 saturated heterocycles. The van der Waals surface area contributed by atoms with Crippen molar-refractivity contribution in [2.24, 2.45) is 39.9 Å². The maximum absolute atomic E-state index is 13.0. The minimum absolute atomic E-state index is 0.135. The SMILES string of the molecule is CC(=O)OC(C)[C@]12COC[C@H]1[C@]1(C)CC[C@@H]3[C@@](C)(C1[C@H](OC(C)=O)[C@@H]2OC(C)=O)[C@H](OC(C)=O)CC(C)[C@@]3(O)CCc1ccccc1. The molecule has 0 radical (unpaired) electrons. The first-order chi connectivity index (χ1) is 22.0. The monoisotopic (exact) mass is 656 g/mol. The molecule has 0 bridgehead atoms. The molecule has 0 spiro atoms. The molecule has 1 aromatic rings. The van der Waals surface area contributed by atoms with Gasteiger partial charge in [0.2, 0.25) is 0 Å². The van der Waals surface area contributed by atoms with Crippen LogP contribution in [0.15, 0.2) is 30.3 Å². The quantitative estimate of drug-likeness (QED) is 0.307. The smallest absolute Gasteiger partial charge is 0.303 e. The fourth-order valence-electron chi connectivity index (χ4n) is 10.9. The van der Waals surface area contributed by atoms with Crippen LogP contribution in [0.3, 0.4) is 0 Å². The van der Waals surface area contributed by atoms with Crippen LogP contribution in [-0.4, -0.2) is 72.2 Å². The number of benzene rings is 1. The molecule has 1 N–H and O–H groups in total. The lowest BCUT2D eigenvalue weighted by Gasteiger charge is -2.71. The van der Waals surface area contributed by atoms with Gasteiger partial charge in [0.15, 0.2) is 6.10 Å². The fourth-order valence-corrected chi connectivity index (χ4v) is 10.9. The summed E-state index contributed by atoms with van der Waals surface area (Å²) in [7, 11) is 0. The zero-order valence-corrected chi connectivity index (χ0v) is 29.1. The van der Waals surface area contributed by atoms with Gasteiger partial charge in [-0.05, 0) is 61.8 Å². The maximum Gasteiger partial charge on any atom is 0.303 e. The molecule has 12 atom stereocenters. The Balaban J connectivity index is 1.71. The highest BCUT2D eigenvalue weighted by atomic mass is 16.6. The minimum Gasteiger partial charge on any atom is -0.462 e. The second-order valence-corrected chi connectivity index (χ2v) is 15.2.